The second-order valence-corrected chi connectivity index (χ2v) is 13.2. The summed E-state index contributed by atoms with van der Waals surface area (Å²) in [6, 6.07) is 24.4. The van der Waals surface area contributed by atoms with Gasteiger partial charge in [0.1, 0.15) is 17.3 Å². The summed E-state index contributed by atoms with van der Waals surface area (Å²) in [5.74, 6) is 1.65. The molecule has 0 bridgehead atoms. The molecule has 1 aliphatic rings. The molecule has 254 valence electrons. The van der Waals surface area contributed by atoms with Gasteiger partial charge >= 0.3 is 6.03 Å². The van der Waals surface area contributed by atoms with Crippen molar-refractivity contribution in [2.24, 2.45) is 0 Å². The third-order valence-electron chi connectivity index (χ3n) is 8.34. The van der Waals surface area contributed by atoms with Gasteiger partial charge in [0.25, 0.3) is 0 Å². The molecule has 1 aliphatic heterocycles. The van der Waals surface area contributed by atoms with E-state index in [9.17, 15) is 9.59 Å². The Morgan fingerprint density at radius 1 is 0.918 bits per heavy atom. The highest BCUT2D eigenvalue weighted by molar-refractivity contribution is 6.07. The minimum absolute atomic E-state index is 0.0893. The zero-order chi connectivity index (χ0) is 34.4. The number of rotatable bonds is 10. The van der Waals surface area contributed by atoms with E-state index >= 15 is 0 Å². The zero-order valence-electron chi connectivity index (χ0n) is 28.5. The van der Waals surface area contributed by atoms with Crippen molar-refractivity contribution in [2.75, 3.05) is 50.0 Å². The lowest BCUT2D eigenvalue weighted by atomic mass is 9.92. The normalized spacial score (nSPS) is 13.6. The molecule has 3 amide bonds. The molecular formula is C38H43N7O4. The minimum Gasteiger partial charge on any atom is -0.457 e. The van der Waals surface area contributed by atoms with Crippen LogP contribution in [0, 0.1) is 6.92 Å². The number of aryl methyl sites for hydroxylation is 1. The first-order valence-corrected chi connectivity index (χ1v) is 16.6. The predicted molar refractivity (Wildman–Crippen MR) is 192 cm³/mol. The molecule has 11 nitrogen and oxygen atoms in total. The second-order valence-electron chi connectivity index (χ2n) is 13.2. The van der Waals surface area contributed by atoms with E-state index in [1.165, 1.54) is 0 Å². The molecule has 0 atom stereocenters. The van der Waals surface area contributed by atoms with Gasteiger partial charge in [0.2, 0.25) is 5.91 Å². The Hall–Kier alpha value is -5.26. The Labute approximate surface area is 286 Å². The maximum Gasteiger partial charge on any atom is 0.324 e. The average molecular weight is 662 g/mol. The number of carbonyl (C=O) groups is 2. The minimum atomic E-state index is -0.394. The van der Waals surface area contributed by atoms with Gasteiger partial charge in [-0.25, -0.2) is 9.48 Å². The van der Waals surface area contributed by atoms with Crippen LogP contribution in [0.1, 0.15) is 37.7 Å². The van der Waals surface area contributed by atoms with E-state index in [0.29, 0.717) is 35.2 Å². The number of hydrogen-bond acceptors (Lipinski definition) is 7. The quantitative estimate of drug-likeness (QED) is 0.157. The van der Waals surface area contributed by atoms with Crippen LogP contribution in [0.4, 0.5) is 16.3 Å². The highest BCUT2D eigenvalue weighted by atomic mass is 16.5. The highest BCUT2D eigenvalue weighted by Crippen LogP contribution is 2.35. The highest BCUT2D eigenvalue weighted by Gasteiger charge is 2.22. The van der Waals surface area contributed by atoms with E-state index in [-0.39, 0.29) is 17.7 Å². The Balaban J connectivity index is 1.14. The summed E-state index contributed by atoms with van der Waals surface area (Å²) >= 11 is 0. The number of fused-ring (bicyclic) bond motifs is 1. The van der Waals surface area contributed by atoms with Gasteiger partial charge in [-0.3, -0.25) is 20.0 Å². The van der Waals surface area contributed by atoms with E-state index < -0.39 is 6.03 Å². The van der Waals surface area contributed by atoms with Crippen LogP contribution in [-0.2, 0) is 21.4 Å². The number of nitrogens with one attached hydrogen (secondary N) is 3. The van der Waals surface area contributed by atoms with Crippen LogP contribution in [0.25, 0.3) is 16.5 Å². The summed E-state index contributed by atoms with van der Waals surface area (Å²) < 4.78 is 13.4. The molecule has 11 heteroatoms. The standard InChI is InChI=1S/C38H43N7O4/c1-26-9-11-28(12-10-26)45-35(25-34(43-45)38(2,3)4)42-37(47)41-32-13-14-33(31-8-6-5-7-30(31)32)49-29-15-16-39-27(23-29)24-36(46)40-17-18-44-19-21-48-22-20-44/h5-16,23,25H,17-22,24H2,1-4H3,(H,40,46)(H2,41,42,47). The number of nitrogens with zero attached hydrogens (tertiary/aromatic N) is 4. The molecule has 0 aliphatic carbocycles. The molecule has 0 unspecified atom stereocenters. The average Bonchev–Trinajstić information content (AvgIpc) is 3.51. The topological polar surface area (TPSA) is 123 Å². The third kappa shape index (κ3) is 8.62. The summed E-state index contributed by atoms with van der Waals surface area (Å²) in [6.07, 6.45) is 1.79. The molecule has 0 saturated carbocycles. The molecular weight excluding hydrogens is 618 g/mol. The smallest absolute Gasteiger partial charge is 0.324 e. The number of urea groups is 1. The van der Waals surface area contributed by atoms with Gasteiger partial charge in [-0.05, 0) is 37.3 Å². The fourth-order valence-electron chi connectivity index (χ4n) is 5.61. The van der Waals surface area contributed by atoms with Crippen molar-refractivity contribution in [3.8, 4) is 17.2 Å². The van der Waals surface area contributed by atoms with Crippen LogP contribution < -0.4 is 20.7 Å². The van der Waals surface area contributed by atoms with Gasteiger partial charge in [-0.2, -0.15) is 5.10 Å². The molecule has 1 saturated heterocycles. The van der Waals surface area contributed by atoms with Gasteiger partial charge in [0.15, 0.2) is 0 Å². The number of morpholine rings is 1. The van der Waals surface area contributed by atoms with Crippen LogP contribution in [0.5, 0.6) is 11.5 Å². The van der Waals surface area contributed by atoms with Crippen molar-refractivity contribution in [2.45, 2.75) is 39.5 Å². The van der Waals surface area contributed by atoms with Crippen LogP contribution in [-0.4, -0.2) is 71.0 Å². The molecule has 6 rings (SSSR count). The molecule has 3 heterocycles. The van der Waals surface area contributed by atoms with Gasteiger partial charge in [0, 0.05) is 60.7 Å². The number of amides is 3. The Bertz CT molecular complexity index is 1930. The van der Waals surface area contributed by atoms with Crippen molar-refractivity contribution in [3.63, 3.8) is 0 Å². The number of hydrogen-bond donors (Lipinski definition) is 3. The van der Waals surface area contributed by atoms with Crippen molar-refractivity contribution in [1.82, 2.24) is 25.0 Å². The number of carbonyl (C=O) groups excluding carboxylic acids is 2. The lowest BCUT2D eigenvalue weighted by Crippen LogP contribution is -2.41. The summed E-state index contributed by atoms with van der Waals surface area (Å²) in [6.45, 7) is 12.9. The molecule has 1 fully saturated rings. The third-order valence-corrected chi connectivity index (χ3v) is 8.34. The van der Waals surface area contributed by atoms with Crippen LogP contribution >= 0.6 is 0 Å². The molecule has 3 N–H and O–H groups in total. The van der Waals surface area contributed by atoms with E-state index in [1.54, 1.807) is 23.0 Å². The fourth-order valence-corrected chi connectivity index (χ4v) is 5.61. The predicted octanol–water partition coefficient (Wildman–Crippen LogP) is 6.45. The second kappa shape index (κ2) is 14.9. The van der Waals surface area contributed by atoms with E-state index in [1.807, 2.05) is 73.7 Å². The monoisotopic (exact) mass is 661 g/mol. The van der Waals surface area contributed by atoms with Crippen LogP contribution in [0.3, 0.4) is 0 Å². The van der Waals surface area contributed by atoms with E-state index in [0.717, 1.165) is 60.6 Å². The molecule has 0 radical (unpaired) electrons. The molecule has 3 aromatic carbocycles. The Kier molecular flexibility index (Phi) is 10.2. The van der Waals surface area contributed by atoms with Crippen molar-refractivity contribution in [3.05, 3.63) is 102 Å². The van der Waals surface area contributed by atoms with Crippen LogP contribution in [0.2, 0.25) is 0 Å². The molecule has 2 aromatic heterocycles. The van der Waals surface area contributed by atoms with Gasteiger partial charge in [-0.15, -0.1) is 0 Å². The van der Waals surface area contributed by atoms with Gasteiger partial charge in [-0.1, -0.05) is 62.7 Å². The van der Waals surface area contributed by atoms with Crippen molar-refractivity contribution >= 4 is 34.2 Å². The first-order valence-electron chi connectivity index (χ1n) is 16.6. The summed E-state index contributed by atoms with van der Waals surface area (Å²) in [7, 11) is 0. The maximum atomic E-state index is 13.4. The van der Waals surface area contributed by atoms with E-state index in [4.69, 9.17) is 14.6 Å². The lowest BCUT2D eigenvalue weighted by molar-refractivity contribution is -0.120. The number of benzene rings is 3. The van der Waals surface area contributed by atoms with Crippen molar-refractivity contribution in [1.29, 1.82) is 0 Å². The zero-order valence-corrected chi connectivity index (χ0v) is 28.5. The van der Waals surface area contributed by atoms with Crippen LogP contribution in [0.15, 0.2) is 85.1 Å². The summed E-state index contributed by atoms with van der Waals surface area (Å²) in [5, 5.41) is 15.5. The van der Waals surface area contributed by atoms with Crippen molar-refractivity contribution < 1.29 is 19.1 Å². The number of anilines is 2. The first kappa shape index (κ1) is 33.6. The molecule has 0 spiro atoms. The van der Waals surface area contributed by atoms with Gasteiger partial charge in [0.05, 0.1) is 42.4 Å². The summed E-state index contributed by atoms with van der Waals surface area (Å²) in [5.41, 5.74) is 3.88. The SMILES string of the molecule is Cc1ccc(-n2nc(C(C)(C)C)cc2NC(=O)Nc2ccc(Oc3ccnc(CC(=O)NCCN4CCOCC4)c3)c3ccccc23)cc1. The first-order chi connectivity index (χ1) is 23.6. The maximum absolute atomic E-state index is 13.4. The van der Waals surface area contributed by atoms with Gasteiger partial charge < -0.3 is 20.1 Å². The Morgan fingerprint density at radius 3 is 2.43 bits per heavy atom. The summed E-state index contributed by atoms with van der Waals surface area (Å²) in [4.78, 5) is 32.7. The lowest BCUT2D eigenvalue weighted by Gasteiger charge is -2.26. The largest absolute Gasteiger partial charge is 0.457 e. The number of ether oxygens (including phenoxy) is 2. The molecule has 5 aromatic rings. The van der Waals surface area contributed by atoms with E-state index in [2.05, 4.69) is 46.6 Å². The number of aromatic nitrogens is 3. The molecule has 49 heavy (non-hydrogen) atoms. The Morgan fingerprint density at radius 2 is 1.67 bits per heavy atom. The fraction of sp³-hybridized carbons (Fsp3) is 0.316. The number of pyridine rings is 1.